The Hall–Kier alpha value is -3.26. The zero-order valence-electron chi connectivity index (χ0n) is 19.0. The van der Waals surface area contributed by atoms with Crippen LogP contribution in [0, 0.1) is 11.8 Å². The van der Waals surface area contributed by atoms with Crippen molar-refractivity contribution in [2.24, 2.45) is 24.6 Å². The van der Waals surface area contributed by atoms with Crippen molar-refractivity contribution in [3.8, 4) is 5.75 Å². The smallest absolute Gasteiger partial charge is 0.293 e. The number of pyridine rings is 2. The Bertz CT molecular complexity index is 1250. The zero-order chi connectivity index (χ0) is 23.7. The topological polar surface area (TPSA) is 102 Å². The molecule has 33 heavy (non-hydrogen) atoms. The van der Waals surface area contributed by atoms with Gasteiger partial charge in [-0.25, -0.2) is 4.98 Å². The number of hydrogen-bond acceptors (Lipinski definition) is 6. The van der Waals surface area contributed by atoms with Crippen LogP contribution < -0.4 is 26.2 Å². The van der Waals surface area contributed by atoms with Gasteiger partial charge >= 0.3 is 0 Å². The molecule has 0 aliphatic carbocycles. The number of aryl methyl sites for hydroxylation is 1. The number of hydrogen-bond donors (Lipinski definition) is 2. The first kappa shape index (κ1) is 22.9. The van der Waals surface area contributed by atoms with Crippen LogP contribution in [0.2, 0.25) is 5.02 Å². The molecule has 2 aromatic heterocycles. The molecule has 4 rings (SSSR count). The molecule has 2 atom stereocenters. The normalized spacial score (nSPS) is 18.4. The lowest BCUT2D eigenvalue weighted by molar-refractivity contribution is -0.119. The lowest BCUT2D eigenvalue weighted by Gasteiger charge is -2.36. The van der Waals surface area contributed by atoms with Gasteiger partial charge in [-0.1, -0.05) is 25.4 Å². The average molecular weight is 470 g/mol. The van der Waals surface area contributed by atoms with Crippen LogP contribution in [0.15, 0.2) is 41.2 Å². The fraction of sp³-hybridized carbons (Fsp3) is 0.375. The number of nitrogens with two attached hydrogens (primary N) is 1. The van der Waals surface area contributed by atoms with Crippen LogP contribution in [0.5, 0.6) is 5.75 Å². The number of carbonyl (C=O) groups excluding carboxylic acids is 1. The van der Waals surface area contributed by atoms with E-state index in [0.29, 0.717) is 22.7 Å². The van der Waals surface area contributed by atoms with E-state index < -0.39 is 5.91 Å². The lowest BCUT2D eigenvalue weighted by Crippen LogP contribution is -2.39. The molecular weight excluding hydrogens is 442 g/mol. The quantitative estimate of drug-likeness (QED) is 0.571. The number of fused-ring (bicyclic) bond motifs is 1. The van der Waals surface area contributed by atoms with Crippen LogP contribution in [0.25, 0.3) is 10.9 Å². The number of halogens is 1. The third-order valence-corrected chi connectivity index (χ3v) is 6.15. The van der Waals surface area contributed by atoms with E-state index in [1.54, 1.807) is 13.1 Å². The number of ether oxygens (including phenoxy) is 1. The molecule has 9 heteroatoms. The van der Waals surface area contributed by atoms with Gasteiger partial charge in [-0.15, -0.1) is 0 Å². The number of nitrogens with zero attached hydrogens (tertiary/aromatic N) is 3. The van der Waals surface area contributed by atoms with Crippen LogP contribution in [-0.4, -0.2) is 35.2 Å². The molecule has 0 unspecified atom stereocenters. The Morgan fingerprint density at radius 1 is 1.21 bits per heavy atom. The molecule has 1 saturated heterocycles. The molecule has 1 aromatic carbocycles. The maximum absolute atomic E-state index is 12.5. The minimum absolute atomic E-state index is 0.0624. The number of carbonyl (C=O) groups is 1. The van der Waals surface area contributed by atoms with Crippen LogP contribution in [0.1, 0.15) is 20.3 Å². The van der Waals surface area contributed by atoms with Crippen molar-refractivity contribution in [3.63, 3.8) is 0 Å². The van der Waals surface area contributed by atoms with Crippen molar-refractivity contribution in [2.45, 2.75) is 20.3 Å². The van der Waals surface area contributed by atoms with Gasteiger partial charge in [0.1, 0.15) is 5.82 Å². The van der Waals surface area contributed by atoms with Gasteiger partial charge in [0.25, 0.3) is 11.5 Å². The van der Waals surface area contributed by atoms with Crippen LogP contribution >= 0.6 is 11.6 Å². The predicted molar refractivity (Wildman–Crippen MR) is 132 cm³/mol. The second-order valence-corrected chi connectivity index (χ2v) is 9.28. The first-order valence-electron chi connectivity index (χ1n) is 10.9. The van der Waals surface area contributed by atoms with Crippen molar-refractivity contribution in [3.05, 3.63) is 51.8 Å². The summed E-state index contributed by atoms with van der Waals surface area (Å²) < 4.78 is 6.77. The third kappa shape index (κ3) is 5.06. The Morgan fingerprint density at radius 3 is 2.64 bits per heavy atom. The number of piperidine rings is 1. The highest BCUT2D eigenvalue weighted by Gasteiger charge is 2.23. The van der Waals surface area contributed by atoms with Crippen molar-refractivity contribution in [1.82, 2.24) is 9.55 Å². The monoisotopic (exact) mass is 469 g/mol. The molecule has 1 aliphatic heterocycles. The summed E-state index contributed by atoms with van der Waals surface area (Å²) in [6.45, 7) is 6.11. The van der Waals surface area contributed by atoms with Gasteiger partial charge < -0.3 is 25.3 Å². The summed E-state index contributed by atoms with van der Waals surface area (Å²) in [5.74, 6) is 2.10. The zero-order valence-corrected chi connectivity index (χ0v) is 19.7. The van der Waals surface area contributed by atoms with Gasteiger partial charge in [-0.05, 0) is 54.7 Å². The Kier molecular flexibility index (Phi) is 6.47. The van der Waals surface area contributed by atoms with Gasteiger partial charge in [0.2, 0.25) is 0 Å². The van der Waals surface area contributed by atoms with Gasteiger partial charge in [0.05, 0.1) is 10.5 Å². The van der Waals surface area contributed by atoms with Gasteiger partial charge in [0.15, 0.2) is 18.2 Å². The van der Waals surface area contributed by atoms with E-state index in [0.717, 1.165) is 35.5 Å². The molecular formula is C24H28ClN5O3. The highest BCUT2D eigenvalue weighted by molar-refractivity contribution is 6.33. The number of amides is 1. The molecule has 1 amide bonds. The van der Waals surface area contributed by atoms with E-state index in [4.69, 9.17) is 27.1 Å². The molecule has 0 saturated carbocycles. The van der Waals surface area contributed by atoms with Crippen molar-refractivity contribution >= 4 is 45.7 Å². The number of nitrogens with one attached hydrogen (secondary N) is 1. The maximum Gasteiger partial charge on any atom is 0.293 e. The summed E-state index contributed by atoms with van der Waals surface area (Å²) in [5, 5.41) is 4.57. The van der Waals surface area contributed by atoms with Gasteiger partial charge in [0, 0.05) is 31.2 Å². The molecule has 174 valence electrons. The van der Waals surface area contributed by atoms with Gasteiger partial charge in [-0.2, -0.15) is 0 Å². The highest BCUT2D eigenvalue weighted by atomic mass is 35.5. The number of aromatic nitrogens is 2. The molecule has 0 bridgehead atoms. The van der Waals surface area contributed by atoms with Crippen molar-refractivity contribution < 1.29 is 9.53 Å². The number of anilines is 3. The summed E-state index contributed by atoms with van der Waals surface area (Å²) in [7, 11) is 1.65. The fourth-order valence-electron chi connectivity index (χ4n) is 4.47. The average Bonchev–Trinajstić information content (AvgIpc) is 2.76. The van der Waals surface area contributed by atoms with Crippen LogP contribution in [0.4, 0.5) is 17.3 Å². The molecule has 1 aliphatic rings. The van der Waals surface area contributed by atoms with E-state index in [2.05, 4.69) is 24.1 Å². The predicted octanol–water partition coefficient (Wildman–Crippen LogP) is 3.68. The second-order valence-electron chi connectivity index (χ2n) is 8.88. The van der Waals surface area contributed by atoms with E-state index in [1.165, 1.54) is 11.0 Å². The minimum Gasteiger partial charge on any atom is -0.478 e. The van der Waals surface area contributed by atoms with E-state index in [9.17, 15) is 9.59 Å². The highest BCUT2D eigenvalue weighted by Crippen LogP contribution is 2.31. The summed E-state index contributed by atoms with van der Waals surface area (Å²) in [4.78, 5) is 30.6. The standard InChI is InChI=1S/C24H28ClN5O3/c1-14-8-15(2)12-30(11-14)22-7-5-18(25)23(28-22)27-17-4-6-19-16(9-17)10-20(24(32)29(19)3)33-13-21(26)31/h4-7,9-10,14-15H,8,11-13H2,1-3H3,(H2,26,31)(H,27,28)/t14-,15+. The number of primary amides is 1. The minimum atomic E-state index is -0.648. The molecule has 3 heterocycles. The first-order valence-corrected chi connectivity index (χ1v) is 11.3. The molecule has 8 nitrogen and oxygen atoms in total. The fourth-order valence-corrected chi connectivity index (χ4v) is 4.62. The largest absolute Gasteiger partial charge is 0.478 e. The first-order chi connectivity index (χ1) is 15.7. The third-order valence-electron chi connectivity index (χ3n) is 5.85. The lowest BCUT2D eigenvalue weighted by atomic mass is 9.92. The molecule has 0 spiro atoms. The second kappa shape index (κ2) is 9.31. The molecule has 3 N–H and O–H groups in total. The molecule has 0 radical (unpaired) electrons. The maximum atomic E-state index is 12.5. The van der Waals surface area contributed by atoms with E-state index in [1.807, 2.05) is 30.3 Å². The summed E-state index contributed by atoms with van der Waals surface area (Å²) in [6, 6.07) is 11.0. The summed E-state index contributed by atoms with van der Waals surface area (Å²) in [5.41, 5.74) is 6.28. The summed E-state index contributed by atoms with van der Waals surface area (Å²) in [6.07, 6.45) is 1.22. The van der Waals surface area contributed by atoms with Crippen molar-refractivity contribution in [2.75, 3.05) is 29.9 Å². The Labute approximate surface area is 197 Å². The van der Waals surface area contributed by atoms with Crippen LogP contribution in [-0.2, 0) is 11.8 Å². The van der Waals surface area contributed by atoms with Crippen LogP contribution in [0.3, 0.4) is 0 Å². The summed E-state index contributed by atoms with van der Waals surface area (Å²) >= 11 is 6.45. The molecule has 1 fully saturated rings. The SMILES string of the molecule is C[C@@H]1C[C@H](C)CN(c2ccc(Cl)c(Nc3ccc4c(c3)cc(OCC(N)=O)c(=O)n4C)n2)C1. The molecule has 3 aromatic rings. The van der Waals surface area contributed by atoms with E-state index in [-0.39, 0.29) is 17.9 Å². The number of rotatable bonds is 6. The van der Waals surface area contributed by atoms with Crippen molar-refractivity contribution in [1.29, 1.82) is 0 Å². The van der Waals surface area contributed by atoms with Gasteiger partial charge in [-0.3, -0.25) is 9.59 Å². The van der Waals surface area contributed by atoms with E-state index >= 15 is 0 Å². The Morgan fingerprint density at radius 2 is 1.94 bits per heavy atom. The Balaban J connectivity index is 1.64. The number of benzene rings is 1.